The van der Waals surface area contributed by atoms with Crippen LogP contribution in [0.5, 0.6) is 5.75 Å². The highest BCUT2D eigenvalue weighted by Gasteiger charge is 2.40. The van der Waals surface area contributed by atoms with Gasteiger partial charge in [-0.25, -0.2) is 9.97 Å². The van der Waals surface area contributed by atoms with Crippen LogP contribution < -0.4 is 9.64 Å². The van der Waals surface area contributed by atoms with Gasteiger partial charge in [0.1, 0.15) is 29.2 Å². The van der Waals surface area contributed by atoms with Crippen LogP contribution in [0, 0.1) is 5.92 Å². The summed E-state index contributed by atoms with van der Waals surface area (Å²) in [7, 11) is 0. The number of rotatable bonds is 4. The van der Waals surface area contributed by atoms with Gasteiger partial charge in [-0.2, -0.15) is 5.10 Å². The average Bonchev–Trinajstić information content (AvgIpc) is 3.17. The standard InChI is InChI=1S/C21H25N5O2/c1-12-10-26(13(2)20(12)27)18-9-17(22-11-23-18)19-15-8-14(28-21(3)6-7-21)4-5-16(15)24-25-19/h4-5,8-9,11-13,20,27H,6-7,10H2,1-3H3,(H,24,25)/t12-,13-,20+/m0/s1. The van der Waals surface area contributed by atoms with E-state index in [-0.39, 0.29) is 23.7 Å². The summed E-state index contributed by atoms with van der Waals surface area (Å²) in [6.45, 7) is 7.00. The van der Waals surface area contributed by atoms with Gasteiger partial charge in [0.15, 0.2) is 0 Å². The fourth-order valence-corrected chi connectivity index (χ4v) is 3.99. The second-order valence-electron chi connectivity index (χ2n) is 8.45. The molecule has 0 radical (unpaired) electrons. The predicted molar refractivity (Wildman–Crippen MR) is 107 cm³/mol. The molecule has 3 heterocycles. The van der Waals surface area contributed by atoms with Crippen molar-refractivity contribution in [3.63, 3.8) is 0 Å². The zero-order valence-electron chi connectivity index (χ0n) is 16.4. The minimum Gasteiger partial charge on any atom is -0.488 e. The van der Waals surface area contributed by atoms with Crippen molar-refractivity contribution >= 4 is 16.7 Å². The van der Waals surface area contributed by atoms with Crippen LogP contribution in [-0.4, -0.2) is 49.6 Å². The molecule has 146 valence electrons. The highest BCUT2D eigenvalue weighted by Crippen LogP contribution is 2.40. The maximum Gasteiger partial charge on any atom is 0.132 e. The molecule has 1 aliphatic carbocycles. The third kappa shape index (κ3) is 2.90. The molecule has 3 atom stereocenters. The summed E-state index contributed by atoms with van der Waals surface area (Å²) in [4.78, 5) is 11.0. The number of ether oxygens (including phenoxy) is 1. The van der Waals surface area contributed by atoms with Gasteiger partial charge in [-0.05, 0) is 44.9 Å². The largest absolute Gasteiger partial charge is 0.488 e. The van der Waals surface area contributed by atoms with Crippen molar-refractivity contribution in [2.75, 3.05) is 11.4 Å². The van der Waals surface area contributed by atoms with Gasteiger partial charge in [-0.1, -0.05) is 6.92 Å². The van der Waals surface area contributed by atoms with E-state index in [1.54, 1.807) is 6.33 Å². The maximum absolute atomic E-state index is 10.3. The number of hydrogen-bond acceptors (Lipinski definition) is 6. The quantitative estimate of drug-likeness (QED) is 0.724. The molecular weight excluding hydrogens is 354 g/mol. The molecule has 0 amide bonds. The first-order chi connectivity index (χ1) is 13.4. The molecule has 28 heavy (non-hydrogen) atoms. The van der Waals surface area contributed by atoms with E-state index < -0.39 is 0 Å². The first kappa shape index (κ1) is 17.4. The van der Waals surface area contributed by atoms with E-state index in [1.165, 1.54) is 0 Å². The van der Waals surface area contributed by atoms with E-state index in [4.69, 9.17) is 4.74 Å². The number of benzene rings is 1. The summed E-state index contributed by atoms with van der Waals surface area (Å²) in [5, 5.41) is 18.9. The average molecular weight is 379 g/mol. The van der Waals surface area contributed by atoms with E-state index in [0.29, 0.717) is 0 Å². The number of aromatic nitrogens is 4. The molecule has 2 aromatic heterocycles. The molecule has 2 fully saturated rings. The fourth-order valence-electron chi connectivity index (χ4n) is 3.99. The lowest BCUT2D eigenvalue weighted by Crippen LogP contribution is -2.33. The lowest BCUT2D eigenvalue weighted by atomic mass is 10.1. The topological polar surface area (TPSA) is 87.2 Å². The Kier molecular flexibility index (Phi) is 3.84. The van der Waals surface area contributed by atoms with Crippen molar-refractivity contribution in [3.05, 3.63) is 30.6 Å². The van der Waals surface area contributed by atoms with Crippen molar-refractivity contribution < 1.29 is 9.84 Å². The third-order valence-electron chi connectivity index (χ3n) is 6.10. The SMILES string of the molecule is C[C@H]1CN(c2cc(-c3n[nH]c4ccc(OC5(C)CC5)cc34)ncn2)[C@@H](C)[C@@H]1O. The summed E-state index contributed by atoms with van der Waals surface area (Å²) >= 11 is 0. The van der Waals surface area contributed by atoms with Crippen molar-refractivity contribution in [3.8, 4) is 17.1 Å². The van der Waals surface area contributed by atoms with Gasteiger partial charge in [-0.15, -0.1) is 0 Å². The molecule has 1 aromatic carbocycles. The highest BCUT2D eigenvalue weighted by molar-refractivity contribution is 5.93. The molecule has 2 N–H and O–H groups in total. The van der Waals surface area contributed by atoms with Gasteiger partial charge in [-0.3, -0.25) is 5.10 Å². The van der Waals surface area contributed by atoms with Crippen LogP contribution in [-0.2, 0) is 0 Å². The van der Waals surface area contributed by atoms with Gasteiger partial charge in [0, 0.05) is 23.9 Å². The van der Waals surface area contributed by atoms with Crippen LogP contribution in [0.1, 0.15) is 33.6 Å². The number of anilines is 1. The number of H-pyrrole nitrogens is 1. The zero-order valence-corrected chi connectivity index (χ0v) is 16.4. The fraction of sp³-hybridized carbons (Fsp3) is 0.476. The molecular formula is C21H25N5O2. The van der Waals surface area contributed by atoms with E-state index in [0.717, 1.165) is 53.2 Å². The number of aliphatic hydroxyl groups excluding tert-OH is 1. The van der Waals surface area contributed by atoms with Gasteiger partial charge in [0.25, 0.3) is 0 Å². The van der Waals surface area contributed by atoms with E-state index in [2.05, 4.69) is 38.9 Å². The molecule has 1 aliphatic heterocycles. The van der Waals surface area contributed by atoms with Crippen LogP contribution in [0.4, 0.5) is 5.82 Å². The van der Waals surface area contributed by atoms with Gasteiger partial charge in [0.2, 0.25) is 0 Å². The van der Waals surface area contributed by atoms with Crippen LogP contribution >= 0.6 is 0 Å². The van der Waals surface area contributed by atoms with E-state index >= 15 is 0 Å². The van der Waals surface area contributed by atoms with E-state index in [9.17, 15) is 5.11 Å². The normalized spacial score (nSPS) is 26.0. The lowest BCUT2D eigenvalue weighted by molar-refractivity contribution is 0.132. The molecule has 0 unspecified atom stereocenters. The molecule has 3 aromatic rings. The summed E-state index contributed by atoms with van der Waals surface area (Å²) in [5.41, 5.74) is 2.46. The van der Waals surface area contributed by atoms with Gasteiger partial charge in [0.05, 0.1) is 23.4 Å². The molecule has 2 aliphatic rings. The molecule has 1 saturated carbocycles. The summed E-state index contributed by atoms with van der Waals surface area (Å²) < 4.78 is 6.11. The number of aliphatic hydroxyl groups is 1. The Balaban J connectivity index is 1.51. The predicted octanol–water partition coefficient (Wildman–Crippen LogP) is 3.16. The van der Waals surface area contributed by atoms with Crippen LogP contribution in [0.2, 0.25) is 0 Å². The van der Waals surface area contributed by atoms with Crippen LogP contribution in [0.3, 0.4) is 0 Å². The summed E-state index contributed by atoms with van der Waals surface area (Å²) in [5.74, 6) is 1.88. The molecule has 7 heteroatoms. The number of nitrogens with zero attached hydrogens (tertiary/aromatic N) is 4. The third-order valence-corrected chi connectivity index (χ3v) is 6.10. The summed E-state index contributed by atoms with van der Waals surface area (Å²) in [6, 6.07) is 7.98. The molecule has 5 rings (SSSR count). The van der Waals surface area contributed by atoms with Gasteiger partial charge < -0.3 is 14.7 Å². The van der Waals surface area contributed by atoms with Crippen molar-refractivity contribution in [1.29, 1.82) is 0 Å². The second-order valence-corrected chi connectivity index (χ2v) is 8.45. The number of fused-ring (bicyclic) bond motifs is 1. The first-order valence-corrected chi connectivity index (χ1v) is 9.88. The Labute approximate surface area is 163 Å². The van der Waals surface area contributed by atoms with Crippen molar-refractivity contribution in [2.45, 2.75) is 51.4 Å². The lowest BCUT2D eigenvalue weighted by Gasteiger charge is -2.23. The van der Waals surface area contributed by atoms with E-state index in [1.807, 2.05) is 31.2 Å². The maximum atomic E-state index is 10.3. The number of nitrogens with one attached hydrogen (secondary N) is 1. The van der Waals surface area contributed by atoms with Gasteiger partial charge >= 0.3 is 0 Å². The smallest absolute Gasteiger partial charge is 0.132 e. The molecule has 0 bridgehead atoms. The zero-order chi connectivity index (χ0) is 19.5. The van der Waals surface area contributed by atoms with Crippen molar-refractivity contribution in [1.82, 2.24) is 20.2 Å². The van der Waals surface area contributed by atoms with Crippen LogP contribution in [0.15, 0.2) is 30.6 Å². The molecule has 1 saturated heterocycles. The summed E-state index contributed by atoms with van der Waals surface area (Å²) in [6.07, 6.45) is 3.40. The minimum absolute atomic E-state index is 0.0213. The number of aromatic amines is 1. The van der Waals surface area contributed by atoms with Crippen molar-refractivity contribution in [2.24, 2.45) is 5.92 Å². The minimum atomic E-state index is -0.354. The molecule has 7 nitrogen and oxygen atoms in total. The number of hydrogen-bond donors (Lipinski definition) is 2. The second kappa shape index (κ2) is 6.17. The Bertz CT molecular complexity index is 1030. The Morgan fingerprint density at radius 3 is 2.75 bits per heavy atom. The highest BCUT2D eigenvalue weighted by atomic mass is 16.5. The Morgan fingerprint density at radius 2 is 2.04 bits per heavy atom. The monoisotopic (exact) mass is 379 g/mol. The first-order valence-electron chi connectivity index (χ1n) is 9.88. The Hall–Kier alpha value is -2.67. The van der Waals surface area contributed by atoms with Crippen LogP contribution in [0.25, 0.3) is 22.3 Å². The molecule has 0 spiro atoms. The Morgan fingerprint density at radius 1 is 1.21 bits per heavy atom.